The third kappa shape index (κ3) is 3.33. The zero-order valence-corrected chi connectivity index (χ0v) is 13.6. The Labute approximate surface area is 130 Å². The number of hydrogen-bond acceptors (Lipinski definition) is 5. The number of aromatic amines is 1. The molecule has 1 aromatic rings. The lowest BCUT2D eigenvalue weighted by Gasteiger charge is -2.40. The molecule has 122 valence electrons. The van der Waals surface area contributed by atoms with E-state index in [2.05, 4.69) is 15.1 Å². The summed E-state index contributed by atoms with van der Waals surface area (Å²) in [6.07, 6.45) is 1.43. The van der Waals surface area contributed by atoms with E-state index in [4.69, 9.17) is 0 Å². The lowest BCUT2D eigenvalue weighted by molar-refractivity contribution is 0.0552. The number of H-pyrrole nitrogens is 1. The number of aromatic nitrogens is 2. The van der Waals surface area contributed by atoms with E-state index in [1.165, 1.54) is 0 Å². The van der Waals surface area contributed by atoms with Gasteiger partial charge in [-0.15, -0.1) is 0 Å². The summed E-state index contributed by atoms with van der Waals surface area (Å²) in [6.45, 7) is 4.83. The number of nitrogens with one attached hydrogen (secondary N) is 1. The van der Waals surface area contributed by atoms with Crippen LogP contribution in [-0.4, -0.2) is 78.0 Å². The molecule has 0 aliphatic carbocycles. The zero-order valence-electron chi connectivity index (χ0n) is 12.8. The number of aryl methyl sites for hydroxylation is 1. The second-order valence-electron chi connectivity index (χ2n) is 6.15. The Morgan fingerprint density at radius 2 is 1.86 bits per heavy atom. The quantitative estimate of drug-likeness (QED) is 0.830. The van der Waals surface area contributed by atoms with Crippen molar-refractivity contribution in [2.45, 2.75) is 25.8 Å². The highest BCUT2D eigenvalue weighted by Gasteiger charge is 2.31. The molecule has 1 aromatic heterocycles. The summed E-state index contributed by atoms with van der Waals surface area (Å²) in [6, 6.07) is 2.11. The van der Waals surface area contributed by atoms with E-state index in [9.17, 15) is 13.2 Å². The first-order chi connectivity index (χ1) is 10.4. The van der Waals surface area contributed by atoms with Gasteiger partial charge in [0.05, 0.1) is 11.5 Å². The van der Waals surface area contributed by atoms with Crippen LogP contribution in [0.15, 0.2) is 6.07 Å². The molecule has 1 N–H and O–H groups in total. The van der Waals surface area contributed by atoms with E-state index in [1.807, 2.05) is 11.8 Å². The highest BCUT2D eigenvalue weighted by molar-refractivity contribution is 7.91. The second-order valence-corrected chi connectivity index (χ2v) is 8.45. The molecule has 2 aliphatic rings. The highest BCUT2D eigenvalue weighted by Crippen LogP contribution is 2.20. The van der Waals surface area contributed by atoms with E-state index >= 15 is 0 Å². The number of hydrogen-bond donors (Lipinski definition) is 1. The molecule has 22 heavy (non-hydrogen) atoms. The minimum atomic E-state index is -2.82. The van der Waals surface area contributed by atoms with E-state index in [0.29, 0.717) is 36.3 Å². The minimum absolute atomic E-state index is 0.0322. The zero-order chi connectivity index (χ0) is 15.7. The van der Waals surface area contributed by atoms with Crippen LogP contribution in [0.4, 0.5) is 0 Å². The third-order valence-corrected chi connectivity index (χ3v) is 6.28. The average molecular weight is 326 g/mol. The third-order valence-electron chi connectivity index (χ3n) is 4.57. The molecule has 7 nitrogen and oxygen atoms in total. The van der Waals surface area contributed by atoms with Crippen LogP contribution >= 0.6 is 0 Å². The van der Waals surface area contributed by atoms with Gasteiger partial charge in [0.25, 0.3) is 5.91 Å². The number of piperazine rings is 1. The first-order valence-corrected chi connectivity index (χ1v) is 9.52. The standard InChI is InChI=1S/C14H22N4O3S/c1-11-10-13(16-15-11)14(19)18-6-4-17(5-7-18)12-2-8-22(20,21)9-3-12/h10,12H,2-9H2,1H3,(H,15,16). The van der Waals surface area contributed by atoms with Crippen molar-refractivity contribution in [3.05, 3.63) is 17.5 Å². The van der Waals surface area contributed by atoms with Crippen molar-refractivity contribution in [2.75, 3.05) is 37.7 Å². The predicted octanol–water partition coefficient (Wildman–Crippen LogP) is 0.0531. The van der Waals surface area contributed by atoms with E-state index < -0.39 is 9.84 Å². The van der Waals surface area contributed by atoms with Crippen LogP contribution in [0.1, 0.15) is 29.0 Å². The van der Waals surface area contributed by atoms with Crippen molar-refractivity contribution in [1.29, 1.82) is 0 Å². The van der Waals surface area contributed by atoms with Gasteiger partial charge in [-0.3, -0.25) is 14.8 Å². The van der Waals surface area contributed by atoms with Crippen LogP contribution in [0.25, 0.3) is 0 Å². The number of nitrogens with zero attached hydrogens (tertiary/aromatic N) is 3. The maximum atomic E-state index is 12.3. The lowest BCUT2D eigenvalue weighted by atomic mass is 10.1. The molecule has 0 atom stereocenters. The van der Waals surface area contributed by atoms with E-state index in [1.54, 1.807) is 6.07 Å². The normalized spacial score (nSPS) is 23.6. The van der Waals surface area contributed by atoms with E-state index in [0.717, 1.165) is 31.6 Å². The number of rotatable bonds is 2. The number of carbonyl (C=O) groups excluding carboxylic acids is 1. The maximum absolute atomic E-state index is 12.3. The average Bonchev–Trinajstić information content (AvgIpc) is 2.93. The summed E-state index contributed by atoms with van der Waals surface area (Å²) in [7, 11) is -2.82. The fourth-order valence-corrected chi connectivity index (χ4v) is 4.69. The molecule has 0 bridgehead atoms. The number of carbonyl (C=O) groups is 1. The van der Waals surface area contributed by atoms with Crippen molar-refractivity contribution >= 4 is 15.7 Å². The van der Waals surface area contributed by atoms with Gasteiger partial charge in [-0.25, -0.2) is 8.42 Å². The van der Waals surface area contributed by atoms with Crippen LogP contribution in [0.3, 0.4) is 0 Å². The fourth-order valence-electron chi connectivity index (χ4n) is 3.22. The van der Waals surface area contributed by atoms with Crippen molar-refractivity contribution in [2.24, 2.45) is 0 Å². The maximum Gasteiger partial charge on any atom is 0.274 e. The topological polar surface area (TPSA) is 86.4 Å². The molecule has 2 saturated heterocycles. The molecule has 3 rings (SSSR count). The Bertz CT molecular complexity index is 633. The SMILES string of the molecule is Cc1cc(C(=O)N2CCN(C3CCS(=O)(=O)CC3)CC2)n[nH]1. The summed E-state index contributed by atoms with van der Waals surface area (Å²) in [5.74, 6) is 0.558. The van der Waals surface area contributed by atoms with Crippen LogP contribution < -0.4 is 0 Å². The molecule has 2 fully saturated rings. The van der Waals surface area contributed by atoms with Gasteiger partial charge in [-0.05, 0) is 25.8 Å². The van der Waals surface area contributed by atoms with Gasteiger partial charge in [0, 0.05) is 37.9 Å². The molecule has 0 spiro atoms. The van der Waals surface area contributed by atoms with Crippen molar-refractivity contribution in [3.8, 4) is 0 Å². The van der Waals surface area contributed by atoms with Gasteiger partial charge in [-0.2, -0.15) is 5.10 Å². The second kappa shape index (κ2) is 6.00. The summed E-state index contributed by atoms with van der Waals surface area (Å²) >= 11 is 0. The first-order valence-electron chi connectivity index (χ1n) is 7.70. The van der Waals surface area contributed by atoms with Crippen LogP contribution in [0.5, 0.6) is 0 Å². The predicted molar refractivity (Wildman–Crippen MR) is 82.5 cm³/mol. The van der Waals surface area contributed by atoms with Gasteiger partial charge in [0.1, 0.15) is 15.5 Å². The Balaban J connectivity index is 1.53. The van der Waals surface area contributed by atoms with Gasteiger partial charge in [0.15, 0.2) is 0 Å². The Kier molecular flexibility index (Phi) is 4.22. The molecule has 1 amide bonds. The molecule has 0 radical (unpaired) electrons. The lowest BCUT2D eigenvalue weighted by Crippen LogP contribution is -2.53. The molecular formula is C14H22N4O3S. The number of sulfone groups is 1. The number of amides is 1. The van der Waals surface area contributed by atoms with Crippen molar-refractivity contribution < 1.29 is 13.2 Å². The fraction of sp³-hybridized carbons (Fsp3) is 0.714. The highest BCUT2D eigenvalue weighted by atomic mass is 32.2. The molecule has 2 aliphatic heterocycles. The summed E-state index contributed by atoms with van der Waals surface area (Å²) < 4.78 is 23.0. The molecular weight excluding hydrogens is 304 g/mol. The molecule has 8 heteroatoms. The minimum Gasteiger partial charge on any atom is -0.335 e. The van der Waals surface area contributed by atoms with Gasteiger partial charge >= 0.3 is 0 Å². The van der Waals surface area contributed by atoms with Crippen molar-refractivity contribution in [1.82, 2.24) is 20.0 Å². The summed E-state index contributed by atoms with van der Waals surface area (Å²) in [5.41, 5.74) is 1.35. The largest absolute Gasteiger partial charge is 0.335 e. The van der Waals surface area contributed by atoms with Gasteiger partial charge in [-0.1, -0.05) is 0 Å². The molecule has 0 unspecified atom stereocenters. The molecule has 0 aromatic carbocycles. The van der Waals surface area contributed by atoms with Crippen LogP contribution in [0.2, 0.25) is 0 Å². The summed E-state index contributed by atoms with van der Waals surface area (Å²) in [4.78, 5) is 16.5. The van der Waals surface area contributed by atoms with Gasteiger partial charge in [0.2, 0.25) is 0 Å². The summed E-state index contributed by atoms with van der Waals surface area (Å²) in [5, 5.41) is 6.81. The van der Waals surface area contributed by atoms with Crippen LogP contribution in [-0.2, 0) is 9.84 Å². The molecule has 3 heterocycles. The smallest absolute Gasteiger partial charge is 0.274 e. The van der Waals surface area contributed by atoms with E-state index in [-0.39, 0.29) is 5.91 Å². The van der Waals surface area contributed by atoms with Gasteiger partial charge < -0.3 is 4.90 Å². The molecule has 0 saturated carbocycles. The first kappa shape index (κ1) is 15.5. The Hall–Kier alpha value is -1.41. The monoisotopic (exact) mass is 326 g/mol. The van der Waals surface area contributed by atoms with Crippen molar-refractivity contribution in [3.63, 3.8) is 0 Å². The Morgan fingerprint density at radius 3 is 2.41 bits per heavy atom. The Morgan fingerprint density at radius 1 is 1.23 bits per heavy atom. The van der Waals surface area contributed by atoms with Crippen LogP contribution in [0, 0.1) is 6.92 Å².